The van der Waals surface area contributed by atoms with Gasteiger partial charge in [-0.05, 0) is 44.9 Å². The Bertz CT molecular complexity index is 1510. The van der Waals surface area contributed by atoms with Gasteiger partial charge in [-0.3, -0.25) is 9.67 Å². The van der Waals surface area contributed by atoms with Crippen LogP contribution in [0.2, 0.25) is 5.02 Å². The molecule has 36 heavy (non-hydrogen) atoms. The quantitative estimate of drug-likeness (QED) is 0.365. The van der Waals surface area contributed by atoms with E-state index in [0.717, 1.165) is 20.7 Å². The number of thiazole rings is 1. The molecule has 4 heterocycles. The summed E-state index contributed by atoms with van der Waals surface area (Å²) in [5.74, 6) is 0.129. The number of anilines is 1. The van der Waals surface area contributed by atoms with Gasteiger partial charge in [0.25, 0.3) is 0 Å². The summed E-state index contributed by atoms with van der Waals surface area (Å²) in [6.45, 7) is 6.00. The lowest BCUT2D eigenvalue weighted by atomic mass is 10.1. The number of aryl methyl sites for hydroxylation is 1. The van der Waals surface area contributed by atoms with Crippen LogP contribution in [0, 0.1) is 5.82 Å². The first-order valence-corrected chi connectivity index (χ1v) is 13.4. The number of nitrogens with zero attached hydrogens (tertiary/aromatic N) is 7. The van der Waals surface area contributed by atoms with E-state index in [9.17, 15) is 0 Å². The Hall–Kier alpha value is -2.82. The summed E-state index contributed by atoms with van der Waals surface area (Å²) in [5, 5.41) is 4.89. The van der Waals surface area contributed by atoms with E-state index in [2.05, 4.69) is 28.1 Å². The van der Waals surface area contributed by atoms with Crippen LogP contribution in [-0.4, -0.2) is 50.6 Å². The lowest BCUT2D eigenvalue weighted by Gasteiger charge is -2.36. The second-order valence-corrected chi connectivity index (χ2v) is 10.7. The van der Waals surface area contributed by atoms with Crippen molar-refractivity contribution in [2.45, 2.75) is 51.5 Å². The molecule has 8 nitrogen and oxygen atoms in total. The highest BCUT2D eigenvalue weighted by molar-refractivity contribution is 7.16. The Kier molecular flexibility index (Phi) is 6.05. The van der Waals surface area contributed by atoms with Gasteiger partial charge in [-0.25, -0.2) is 9.37 Å². The maximum Gasteiger partial charge on any atom is 0.228 e. The van der Waals surface area contributed by atoms with Gasteiger partial charge in [-0.15, -0.1) is 0 Å². The van der Waals surface area contributed by atoms with Gasteiger partial charge in [-0.2, -0.15) is 10.1 Å². The number of fused-ring (bicyclic) bond motifs is 1. The van der Waals surface area contributed by atoms with Crippen molar-refractivity contribution in [3.63, 3.8) is 0 Å². The molecule has 0 amide bonds. The summed E-state index contributed by atoms with van der Waals surface area (Å²) in [7, 11) is 1.75. The maximum atomic E-state index is 15.1. The molecule has 11 heteroatoms. The van der Waals surface area contributed by atoms with Crippen molar-refractivity contribution in [2.24, 2.45) is 4.99 Å². The van der Waals surface area contributed by atoms with Crippen molar-refractivity contribution in [3.05, 3.63) is 51.8 Å². The monoisotopic (exact) mass is 527 g/mol. The maximum absolute atomic E-state index is 15.1. The van der Waals surface area contributed by atoms with E-state index in [0.29, 0.717) is 47.9 Å². The van der Waals surface area contributed by atoms with Gasteiger partial charge >= 0.3 is 0 Å². The SMILES string of the molecule is CCn1/c(=N\C)sc2c(-c3ccc(Cl)cc3F)nc(N3CC(C)OC(c4cnn(C5CC5)c4)C3)nc21. The molecule has 0 radical (unpaired) electrons. The first-order chi connectivity index (χ1) is 17.4. The first-order valence-electron chi connectivity index (χ1n) is 12.2. The standard InChI is InChI=1S/C25H27ClFN7OS/c1-4-33-23-22(36-25(33)28-3)21(18-8-5-16(26)9-19(18)27)30-24(31-23)32-11-14(2)35-20(13-32)15-10-29-34(12-15)17-6-7-17/h5,8-10,12,14,17,20H,4,6-7,11,13H2,1-3H3/b28-25+. The van der Waals surface area contributed by atoms with Crippen LogP contribution in [0.4, 0.5) is 10.3 Å². The lowest BCUT2D eigenvalue weighted by molar-refractivity contribution is -0.0178. The van der Waals surface area contributed by atoms with Crippen LogP contribution in [0.5, 0.6) is 0 Å². The molecule has 0 N–H and O–H groups in total. The second-order valence-electron chi connectivity index (χ2n) is 9.33. The molecular weight excluding hydrogens is 501 g/mol. The normalized spacial score (nSPS) is 21.0. The Morgan fingerprint density at radius 2 is 2.08 bits per heavy atom. The minimum absolute atomic E-state index is 0.0370. The molecule has 1 aliphatic carbocycles. The van der Waals surface area contributed by atoms with Gasteiger partial charge in [0.15, 0.2) is 10.4 Å². The van der Waals surface area contributed by atoms with E-state index in [1.54, 1.807) is 19.2 Å². The topological polar surface area (TPSA) is 73.4 Å². The number of rotatable bonds is 5. The van der Waals surface area contributed by atoms with E-state index in [1.807, 2.05) is 22.4 Å². The third-order valence-electron chi connectivity index (χ3n) is 6.67. The van der Waals surface area contributed by atoms with Crippen molar-refractivity contribution in [3.8, 4) is 11.3 Å². The Morgan fingerprint density at radius 3 is 2.81 bits per heavy atom. The van der Waals surface area contributed by atoms with Crippen LogP contribution in [0.3, 0.4) is 0 Å². The van der Waals surface area contributed by atoms with Crippen LogP contribution in [0.25, 0.3) is 21.6 Å². The van der Waals surface area contributed by atoms with Gasteiger partial charge in [0.2, 0.25) is 5.95 Å². The average Bonchev–Trinajstić information content (AvgIpc) is 3.47. The van der Waals surface area contributed by atoms with Gasteiger partial charge < -0.3 is 14.2 Å². The molecule has 0 bridgehead atoms. The van der Waals surface area contributed by atoms with Crippen molar-refractivity contribution < 1.29 is 9.13 Å². The Morgan fingerprint density at radius 1 is 1.25 bits per heavy atom. The number of morpholine rings is 1. The number of benzene rings is 1. The fourth-order valence-corrected chi connectivity index (χ4v) is 6.01. The van der Waals surface area contributed by atoms with Gasteiger partial charge in [0.1, 0.15) is 16.6 Å². The lowest BCUT2D eigenvalue weighted by Crippen LogP contribution is -2.43. The predicted octanol–water partition coefficient (Wildman–Crippen LogP) is 5.00. The van der Waals surface area contributed by atoms with Crippen molar-refractivity contribution in [1.29, 1.82) is 0 Å². The van der Waals surface area contributed by atoms with Gasteiger partial charge in [-0.1, -0.05) is 22.9 Å². The summed E-state index contributed by atoms with van der Waals surface area (Å²) in [5.41, 5.74) is 2.73. The molecule has 6 rings (SSSR count). The Labute approximate surface area is 217 Å². The third-order valence-corrected chi connectivity index (χ3v) is 8.07. The van der Waals surface area contributed by atoms with Crippen LogP contribution >= 0.6 is 22.9 Å². The largest absolute Gasteiger partial charge is 0.367 e. The molecule has 2 unspecified atom stereocenters. The third kappa shape index (κ3) is 4.21. The molecule has 2 atom stereocenters. The van der Waals surface area contributed by atoms with Crippen molar-refractivity contribution in [1.82, 2.24) is 24.3 Å². The number of aromatic nitrogens is 5. The molecule has 1 saturated heterocycles. The molecule has 1 aromatic carbocycles. The van der Waals surface area contributed by atoms with E-state index in [1.165, 1.54) is 30.2 Å². The molecule has 2 fully saturated rings. The summed E-state index contributed by atoms with van der Waals surface area (Å²) >= 11 is 7.51. The molecule has 1 saturated carbocycles. The molecular formula is C25H27ClFN7OS. The van der Waals surface area contributed by atoms with Crippen LogP contribution in [-0.2, 0) is 11.3 Å². The van der Waals surface area contributed by atoms with Crippen molar-refractivity contribution >= 4 is 39.2 Å². The fraction of sp³-hybridized carbons (Fsp3) is 0.440. The number of ether oxygens (including phenoxy) is 1. The smallest absolute Gasteiger partial charge is 0.228 e. The highest BCUT2D eigenvalue weighted by Crippen LogP contribution is 2.37. The minimum atomic E-state index is -0.416. The highest BCUT2D eigenvalue weighted by Gasteiger charge is 2.32. The summed E-state index contributed by atoms with van der Waals surface area (Å²) < 4.78 is 26.3. The van der Waals surface area contributed by atoms with E-state index in [-0.39, 0.29) is 12.2 Å². The molecule has 2 aliphatic rings. The zero-order valence-corrected chi connectivity index (χ0v) is 21.9. The van der Waals surface area contributed by atoms with Gasteiger partial charge in [0, 0.05) is 42.5 Å². The van der Waals surface area contributed by atoms with Crippen molar-refractivity contribution in [2.75, 3.05) is 25.0 Å². The van der Waals surface area contributed by atoms with Crippen LogP contribution < -0.4 is 9.70 Å². The minimum Gasteiger partial charge on any atom is -0.367 e. The molecule has 188 valence electrons. The van der Waals surface area contributed by atoms with E-state index in [4.69, 9.17) is 26.3 Å². The molecule has 1 aliphatic heterocycles. The summed E-state index contributed by atoms with van der Waals surface area (Å²) in [6.07, 6.45) is 6.16. The first kappa shape index (κ1) is 23.6. The fourth-order valence-electron chi connectivity index (χ4n) is 4.75. The number of halogens is 2. The summed E-state index contributed by atoms with van der Waals surface area (Å²) in [4.78, 5) is 17.3. The van der Waals surface area contributed by atoms with Crippen LogP contribution in [0.1, 0.15) is 44.4 Å². The number of hydrogen-bond donors (Lipinski definition) is 0. The van der Waals surface area contributed by atoms with E-state index >= 15 is 4.39 Å². The predicted molar refractivity (Wildman–Crippen MR) is 139 cm³/mol. The summed E-state index contributed by atoms with van der Waals surface area (Å²) in [6, 6.07) is 5.20. The van der Waals surface area contributed by atoms with Crippen LogP contribution in [0.15, 0.2) is 35.6 Å². The molecule has 3 aromatic heterocycles. The average molecular weight is 528 g/mol. The molecule has 0 spiro atoms. The highest BCUT2D eigenvalue weighted by atomic mass is 35.5. The molecule has 4 aromatic rings. The second kappa shape index (κ2) is 9.24. The zero-order valence-electron chi connectivity index (χ0n) is 20.4. The zero-order chi connectivity index (χ0) is 25.0. The van der Waals surface area contributed by atoms with Gasteiger partial charge in [0.05, 0.1) is 30.6 Å². The Balaban J connectivity index is 1.46. The van der Waals surface area contributed by atoms with E-state index < -0.39 is 5.82 Å². The number of hydrogen-bond acceptors (Lipinski definition) is 7.